The van der Waals surface area contributed by atoms with Crippen LogP contribution in [0, 0.1) is 0 Å². The number of benzene rings is 2. The summed E-state index contributed by atoms with van der Waals surface area (Å²) in [5.74, 6) is 0. The highest BCUT2D eigenvalue weighted by atomic mass is 28.4. The van der Waals surface area contributed by atoms with Crippen molar-refractivity contribution in [3.05, 3.63) is 85.7 Å². The number of hydrogen-bond acceptors (Lipinski definition) is 1. The SMILES string of the molecule is C=CN([SiH](C)c1ccccc1)[Si](C)(C=C)c1ccccc1. The largest absolute Gasteiger partial charge is 0.423 e. The summed E-state index contributed by atoms with van der Waals surface area (Å²) in [4.78, 5) is 0. The Balaban J connectivity index is 2.43. The van der Waals surface area contributed by atoms with Crippen LogP contribution in [0.2, 0.25) is 13.1 Å². The predicted molar refractivity (Wildman–Crippen MR) is 99.0 cm³/mol. The first kappa shape index (κ1) is 15.5. The van der Waals surface area contributed by atoms with E-state index in [0.717, 1.165) is 0 Å². The Morgan fingerprint density at radius 1 is 0.952 bits per heavy atom. The van der Waals surface area contributed by atoms with Crippen LogP contribution >= 0.6 is 0 Å². The van der Waals surface area contributed by atoms with Crippen molar-refractivity contribution in [2.75, 3.05) is 0 Å². The van der Waals surface area contributed by atoms with Crippen molar-refractivity contribution in [1.29, 1.82) is 0 Å². The fraction of sp³-hybridized carbons (Fsp3) is 0.111. The highest BCUT2D eigenvalue weighted by molar-refractivity contribution is 6.99. The van der Waals surface area contributed by atoms with Crippen LogP contribution < -0.4 is 10.4 Å². The molecule has 2 unspecified atom stereocenters. The summed E-state index contributed by atoms with van der Waals surface area (Å²) in [5.41, 5.74) is 2.16. The van der Waals surface area contributed by atoms with Crippen molar-refractivity contribution in [3.63, 3.8) is 0 Å². The van der Waals surface area contributed by atoms with Crippen LogP contribution in [0.15, 0.2) is 85.7 Å². The second-order valence-corrected chi connectivity index (χ2v) is 12.3. The van der Waals surface area contributed by atoms with E-state index in [9.17, 15) is 0 Å². The molecule has 0 saturated heterocycles. The second kappa shape index (κ2) is 6.74. The first-order valence-corrected chi connectivity index (χ1v) is 12.1. The van der Waals surface area contributed by atoms with Crippen LogP contribution in [0.5, 0.6) is 0 Å². The van der Waals surface area contributed by atoms with Gasteiger partial charge in [0.2, 0.25) is 8.24 Å². The molecule has 0 aliphatic rings. The van der Waals surface area contributed by atoms with Gasteiger partial charge in [-0.1, -0.05) is 79.5 Å². The molecule has 3 heteroatoms. The molecular formula is C18H23NSi2. The van der Waals surface area contributed by atoms with E-state index < -0.39 is 17.2 Å². The van der Waals surface area contributed by atoms with E-state index in [1.165, 1.54) is 10.4 Å². The molecule has 2 rings (SSSR count). The van der Waals surface area contributed by atoms with Crippen LogP contribution in [0.25, 0.3) is 0 Å². The van der Waals surface area contributed by atoms with Crippen LogP contribution in [0.3, 0.4) is 0 Å². The predicted octanol–water partition coefficient (Wildman–Crippen LogP) is 2.90. The summed E-state index contributed by atoms with van der Waals surface area (Å²) in [6.45, 7) is 13.0. The molecule has 0 fully saturated rings. The molecule has 0 aliphatic heterocycles. The van der Waals surface area contributed by atoms with Crippen molar-refractivity contribution >= 4 is 27.6 Å². The standard InChI is InChI=1S/C18H23NSi2/c1-5-19(20(3)17-13-9-7-10-14-17)21(4,6-2)18-15-11-8-12-16-18/h5-16,20H,1-2H2,3-4H3. The van der Waals surface area contributed by atoms with Gasteiger partial charge in [-0.15, -0.1) is 6.58 Å². The molecule has 0 radical (unpaired) electrons. The fourth-order valence-electron chi connectivity index (χ4n) is 2.79. The van der Waals surface area contributed by atoms with Crippen LogP contribution in [0.4, 0.5) is 0 Å². The quantitative estimate of drug-likeness (QED) is 0.742. The van der Waals surface area contributed by atoms with Crippen molar-refractivity contribution < 1.29 is 0 Å². The molecule has 0 spiro atoms. The van der Waals surface area contributed by atoms with E-state index >= 15 is 0 Å². The maximum absolute atomic E-state index is 4.15. The minimum Gasteiger partial charge on any atom is -0.423 e. The lowest BCUT2D eigenvalue weighted by atomic mass is 10.4. The van der Waals surface area contributed by atoms with Gasteiger partial charge in [-0.05, 0) is 23.1 Å². The lowest BCUT2D eigenvalue weighted by Gasteiger charge is -2.41. The van der Waals surface area contributed by atoms with E-state index in [1.807, 2.05) is 6.20 Å². The van der Waals surface area contributed by atoms with Gasteiger partial charge in [-0.25, -0.2) is 0 Å². The molecule has 108 valence electrons. The van der Waals surface area contributed by atoms with Gasteiger partial charge in [0.1, 0.15) is 0 Å². The molecule has 0 N–H and O–H groups in total. The van der Waals surface area contributed by atoms with Gasteiger partial charge >= 0.3 is 0 Å². The minimum atomic E-state index is -1.93. The summed E-state index contributed by atoms with van der Waals surface area (Å²) >= 11 is 0. The zero-order chi connectivity index (χ0) is 15.3. The molecule has 0 heterocycles. The maximum atomic E-state index is 4.15. The highest BCUT2D eigenvalue weighted by Gasteiger charge is 2.35. The first-order chi connectivity index (χ1) is 10.1. The van der Waals surface area contributed by atoms with E-state index in [-0.39, 0.29) is 0 Å². The van der Waals surface area contributed by atoms with Crippen molar-refractivity contribution in [3.8, 4) is 0 Å². The van der Waals surface area contributed by atoms with Crippen LogP contribution in [-0.2, 0) is 0 Å². The molecule has 0 amide bonds. The minimum absolute atomic E-state index is 1.28. The second-order valence-electron chi connectivity index (χ2n) is 5.39. The molecule has 2 aromatic rings. The van der Waals surface area contributed by atoms with E-state index in [0.29, 0.717) is 0 Å². The molecule has 0 bridgehead atoms. The Kier molecular flexibility index (Phi) is 4.99. The monoisotopic (exact) mass is 309 g/mol. The van der Waals surface area contributed by atoms with Crippen LogP contribution in [-0.4, -0.2) is 21.4 Å². The van der Waals surface area contributed by atoms with E-state index in [2.05, 4.69) is 96.8 Å². The summed E-state index contributed by atoms with van der Waals surface area (Å²) in [7, 11) is -3.22. The maximum Gasteiger partial charge on any atom is 0.201 e. The Morgan fingerprint density at radius 3 is 1.95 bits per heavy atom. The fourth-order valence-corrected chi connectivity index (χ4v) is 10.6. The molecule has 0 saturated carbocycles. The smallest absolute Gasteiger partial charge is 0.201 e. The van der Waals surface area contributed by atoms with Crippen molar-refractivity contribution in [2.24, 2.45) is 0 Å². The first-order valence-electron chi connectivity index (χ1n) is 7.28. The molecule has 2 atom stereocenters. The molecule has 0 aromatic heterocycles. The number of hydrogen-bond donors (Lipinski definition) is 0. The Hall–Kier alpha value is -1.85. The Labute approximate surface area is 131 Å². The van der Waals surface area contributed by atoms with Gasteiger partial charge < -0.3 is 4.23 Å². The normalized spacial score (nSPS) is 14.8. The summed E-state index contributed by atoms with van der Waals surface area (Å²) < 4.78 is 2.53. The van der Waals surface area contributed by atoms with Crippen molar-refractivity contribution in [2.45, 2.75) is 13.1 Å². The lowest BCUT2D eigenvalue weighted by Crippen LogP contribution is -2.63. The van der Waals surface area contributed by atoms with Crippen molar-refractivity contribution in [1.82, 2.24) is 4.23 Å². The third-order valence-corrected chi connectivity index (χ3v) is 12.9. The number of rotatable bonds is 6. The van der Waals surface area contributed by atoms with Gasteiger partial charge in [0, 0.05) is 0 Å². The Bertz CT molecular complexity index is 597. The topological polar surface area (TPSA) is 3.24 Å². The van der Waals surface area contributed by atoms with Gasteiger partial charge in [0.05, 0.1) is 0 Å². The summed E-state index contributed by atoms with van der Waals surface area (Å²) in [5, 5.41) is 2.82. The summed E-state index contributed by atoms with van der Waals surface area (Å²) in [6.07, 6.45) is 2.03. The number of nitrogens with zero attached hydrogens (tertiary/aromatic N) is 1. The average Bonchev–Trinajstić information content (AvgIpc) is 2.56. The van der Waals surface area contributed by atoms with Gasteiger partial charge in [0.25, 0.3) is 0 Å². The van der Waals surface area contributed by atoms with Crippen LogP contribution in [0.1, 0.15) is 0 Å². The van der Waals surface area contributed by atoms with Gasteiger partial charge in [0.15, 0.2) is 8.96 Å². The average molecular weight is 310 g/mol. The zero-order valence-electron chi connectivity index (χ0n) is 12.9. The molecular weight excluding hydrogens is 286 g/mol. The zero-order valence-corrected chi connectivity index (χ0v) is 15.0. The van der Waals surface area contributed by atoms with Gasteiger partial charge in [-0.2, -0.15) is 0 Å². The third-order valence-electron chi connectivity index (χ3n) is 4.19. The molecule has 21 heavy (non-hydrogen) atoms. The van der Waals surface area contributed by atoms with Gasteiger partial charge in [-0.3, -0.25) is 0 Å². The Morgan fingerprint density at radius 2 is 1.48 bits per heavy atom. The van der Waals surface area contributed by atoms with E-state index in [4.69, 9.17) is 0 Å². The van der Waals surface area contributed by atoms with E-state index in [1.54, 1.807) is 0 Å². The third kappa shape index (κ3) is 3.09. The lowest BCUT2D eigenvalue weighted by molar-refractivity contribution is 0.889. The molecule has 2 aromatic carbocycles. The molecule has 1 nitrogen and oxygen atoms in total. The molecule has 0 aliphatic carbocycles. The highest BCUT2D eigenvalue weighted by Crippen LogP contribution is 2.15. The summed E-state index contributed by atoms with van der Waals surface area (Å²) in [6, 6.07) is 21.5.